The van der Waals surface area contributed by atoms with Crippen LogP contribution in [-0.4, -0.2) is 36.3 Å². The number of carbonyl (C=O) groups is 2. The van der Waals surface area contributed by atoms with Gasteiger partial charge < -0.3 is 10.2 Å². The smallest absolute Gasteiger partial charge is 0.253 e. The molecule has 2 aromatic carbocycles. The zero-order chi connectivity index (χ0) is 22.1. The zero-order valence-electron chi connectivity index (χ0n) is 18.3. The second-order valence-corrected chi connectivity index (χ2v) is 7.69. The summed E-state index contributed by atoms with van der Waals surface area (Å²) in [5.41, 5.74) is 1.99. The average molecular weight is 430 g/mol. The van der Waals surface area contributed by atoms with Crippen molar-refractivity contribution in [3.8, 4) is 0 Å². The number of hydrogen-bond donors (Lipinski definition) is 2. The van der Waals surface area contributed by atoms with E-state index in [1.165, 1.54) is 0 Å². The first-order valence-corrected chi connectivity index (χ1v) is 11.0. The molecule has 6 heteroatoms. The Hall–Kier alpha value is -2.37. The maximum atomic E-state index is 12.6. The molecule has 0 bridgehead atoms. The Kier molecular flexibility index (Phi) is 8.88. The molecule has 0 spiro atoms. The van der Waals surface area contributed by atoms with Crippen LogP contribution in [0.25, 0.3) is 0 Å². The van der Waals surface area contributed by atoms with Crippen LogP contribution in [0.15, 0.2) is 48.5 Å². The summed E-state index contributed by atoms with van der Waals surface area (Å²) < 4.78 is 0. The molecule has 0 aliphatic carbocycles. The predicted molar refractivity (Wildman–Crippen MR) is 124 cm³/mol. The summed E-state index contributed by atoms with van der Waals surface area (Å²) in [6.07, 6.45) is 1.68. The number of amides is 2. The lowest BCUT2D eigenvalue weighted by Crippen LogP contribution is -2.45. The van der Waals surface area contributed by atoms with Crippen LogP contribution in [0.4, 0.5) is 5.69 Å². The molecule has 0 saturated carbocycles. The second kappa shape index (κ2) is 11.1. The van der Waals surface area contributed by atoms with Gasteiger partial charge in [-0.3, -0.25) is 14.9 Å². The first-order valence-electron chi connectivity index (χ1n) is 10.6. The normalized spacial score (nSPS) is 11.2. The van der Waals surface area contributed by atoms with Gasteiger partial charge >= 0.3 is 0 Å². The first kappa shape index (κ1) is 23.9. The van der Waals surface area contributed by atoms with Gasteiger partial charge in [0.1, 0.15) is 0 Å². The molecule has 0 fully saturated rings. The molecular weight excluding hydrogens is 398 g/mol. The highest BCUT2D eigenvalue weighted by Crippen LogP contribution is 2.29. The van der Waals surface area contributed by atoms with Crippen LogP contribution in [0.3, 0.4) is 0 Å². The summed E-state index contributed by atoms with van der Waals surface area (Å²) in [5.74, 6) is -0.185. The topological polar surface area (TPSA) is 61.4 Å². The van der Waals surface area contributed by atoms with E-state index in [0.29, 0.717) is 29.4 Å². The van der Waals surface area contributed by atoms with E-state index in [1.54, 1.807) is 29.2 Å². The molecule has 2 N–H and O–H groups in total. The molecule has 2 aromatic rings. The molecule has 162 valence electrons. The monoisotopic (exact) mass is 429 g/mol. The second-order valence-electron chi connectivity index (χ2n) is 7.26. The summed E-state index contributed by atoms with van der Waals surface area (Å²) in [5, 5.41) is 7.02. The summed E-state index contributed by atoms with van der Waals surface area (Å²) in [6, 6.07) is 14.8. The lowest BCUT2D eigenvalue weighted by atomic mass is 9.84. The van der Waals surface area contributed by atoms with E-state index in [4.69, 9.17) is 11.6 Å². The van der Waals surface area contributed by atoms with Gasteiger partial charge in [0.05, 0.1) is 6.54 Å². The molecule has 0 aromatic heterocycles. The highest BCUT2D eigenvalue weighted by atomic mass is 35.5. The lowest BCUT2D eigenvalue weighted by Gasteiger charge is -2.33. The van der Waals surface area contributed by atoms with Crippen LogP contribution in [0.2, 0.25) is 5.02 Å². The van der Waals surface area contributed by atoms with Crippen molar-refractivity contribution in [3.63, 3.8) is 0 Å². The summed E-state index contributed by atoms with van der Waals surface area (Å²) in [7, 11) is 0. The van der Waals surface area contributed by atoms with Crippen molar-refractivity contribution in [1.82, 2.24) is 10.2 Å². The molecule has 0 saturated heterocycles. The zero-order valence-corrected chi connectivity index (χ0v) is 19.1. The maximum Gasteiger partial charge on any atom is 0.253 e. The number of benzene rings is 2. The van der Waals surface area contributed by atoms with Gasteiger partial charge in [-0.05, 0) is 62.6 Å². The molecule has 0 radical (unpaired) electrons. The Morgan fingerprint density at radius 2 is 1.60 bits per heavy atom. The van der Waals surface area contributed by atoms with Gasteiger partial charge in [0, 0.05) is 34.9 Å². The highest BCUT2D eigenvalue weighted by Gasteiger charge is 2.28. The quantitative estimate of drug-likeness (QED) is 0.554. The average Bonchev–Trinajstić information content (AvgIpc) is 2.76. The number of hydrogen-bond acceptors (Lipinski definition) is 3. The number of halogens is 1. The Balaban J connectivity index is 2.07. The minimum absolute atomic E-state index is 0.0343. The largest absolute Gasteiger partial charge is 0.339 e. The number of carbonyl (C=O) groups excluding carboxylic acids is 2. The minimum atomic E-state index is -0.303. The van der Waals surface area contributed by atoms with Gasteiger partial charge in [-0.1, -0.05) is 43.6 Å². The van der Waals surface area contributed by atoms with Gasteiger partial charge in [0.2, 0.25) is 5.91 Å². The van der Waals surface area contributed by atoms with Crippen molar-refractivity contribution in [3.05, 3.63) is 64.7 Å². The van der Waals surface area contributed by atoms with Crippen molar-refractivity contribution < 1.29 is 9.59 Å². The van der Waals surface area contributed by atoms with Crippen molar-refractivity contribution in [2.45, 2.75) is 46.1 Å². The fourth-order valence-corrected chi connectivity index (χ4v) is 3.78. The predicted octanol–water partition coefficient (Wildman–Crippen LogP) is 5.07. The number of anilines is 1. The lowest BCUT2D eigenvalue weighted by molar-refractivity contribution is -0.115. The maximum absolute atomic E-state index is 12.6. The third kappa shape index (κ3) is 5.83. The molecule has 0 heterocycles. The molecule has 30 heavy (non-hydrogen) atoms. The van der Waals surface area contributed by atoms with E-state index in [0.717, 1.165) is 18.4 Å². The standard InChI is InChI=1S/C24H32ClN3O2/c1-5-24(6-2,19-12-14-20(25)15-13-19)26-17-22(29)27-21-11-9-10-18(16-21)23(30)28(7-3)8-4/h9-16,26H,5-8,17H2,1-4H3,(H,27,29). The Morgan fingerprint density at radius 3 is 2.17 bits per heavy atom. The van der Waals surface area contributed by atoms with E-state index in [9.17, 15) is 9.59 Å². The van der Waals surface area contributed by atoms with Crippen LogP contribution in [0.5, 0.6) is 0 Å². The summed E-state index contributed by atoms with van der Waals surface area (Å²) in [4.78, 5) is 26.9. The SMILES string of the molecule is CCN(CC)C(=O)c1cccc(NC(=O)CNC(CC)(CC)c2ccc(Cl)cc2)c1. The van der Waals surface area contributed by atoms with Gasteiger partial charge in [0.15, 0.2) is 0 Å². The molecular formula is C24H32ClN3O2. The third-order valence-corrected chi connectivity index (χ3v) is 5.89. The summed E-state index contributed by atoms with van der Waals surface area (Å²) in [6.45, 7) is 9.57. The molecule has 5 nitrogen and oxygen atoms in total. The van der Waals surface area contributed by atoms with E-state index < -0.39 is 0 Å². The Labute approximate surface area is 184 Å². The van der Waals surface area contributed by atoms with E-state index in [-0.39, 0.29) is 23.9 Å². The molecule has 0 unspecified atom stereocenters. The number of rotatable bonds is 10. The van der Waals surface area contributed by atoms with E-state index >= 15 is 0 Å². The Morgan fingerprint density at radius 1 is 0.967 bits per heavy atom. The Bertz CT molecular complexity index is 844. The van der Waals surface area contributed by atoms with Crippen LogP contribution in [0, 0.1) is 0 Å². The van der Waals surface area contributed by atoms with Crippen molar-refractivity contribution in [2.24, 2.45) is 0 Å². The minimum Gasteiger partial charge on any atom is -0.339 e. The third-order valence-electron chi connectivity index (χ3n) is 5.64. The van der Waals surface area contributed by atoms with Gasteiger partial charge in [-0.2, -0.15) is 0 Å². The van der Waals surface area contributed by atoms with Gasteiger partial charge in [-0.15, -0.1) is 0 Å². The van der Waals surface area contributed by atoms with Crippen LogP contribution in [0.1, 0.15) is 56.5 Å². The molecule has 2 rings (SSSR count). The fraction of sp³-hybridized carbons (Fsp3) is 0.417. The van der Waals surface area contributed by atoms with Crippen LogP contribution < -0.4 is 10.6 Å². The molecule has 0 aliphatic heterocycles. The van der Waals surface area contributed by atoms with E-state index in [1.807, 2.05) is 38.1 Å². The molecule has 0 aliphatic rings. The van der Waals surface area contributed by atoms with Gasteiger partial charge in [-0.25, -0.2) is 0 Å². The van der Waals surface area contributed by atoms with Crippen molar-refractivity contribution in [2.75, 3.05) is 25.0 Å². The van der Waals surface area contributed by atoms with E-state index in [2.05, 4.69) is 24.5 Å². The number of nitrogens with one attached hydrogen (secondary N) is 2. The van der Waals surface area contributed by atoms with Gasteiger partial charge in [0.25, 0.3) is 5.91 Å². The highest BCUT2D eigenvalue weighted by molar-refractivity contribution is 6.30. The van der Waals surface area contributed by atoms with Crippen LogP contribution in [-0.2, 0) is 10.3 Å². The van der Waals surface area contributed by atoms with Crippen molar-refractivity contribution >= 4 is 29.1 Å². The first-order chi connectivity index (χ1) is 14.4. The summed E-state index contributed by atoms with van der Waals surface area (Å²) >= 11 is 6.03. The molecule has 0 atom stereocenters. The number of nitrogens with zero attached hydrogens (tertiary/aromatic N) is 1. The van der Waals surface area contributed by atoms with Crippen LogP contribution >= 0.6 is 11.6 Å². The molecule has 2 amide bonds. The van der Waals surface area contributed by atoms with Crippen molar-refractivity contribution in [1.29, 1.82) is 0 Å². The fourth-order valence-electron chi connectivity index (χ4n) is 3.66.